The third kappa shape index (κ3) is 6.51. The molecule has 2 aromatic carbocycles. The monoisotopic (exact) mass is 415 g/mol. The first-order valence-electron chi connectivity index (χ1n) is 9.42. The molecule has 0 aliphatic heterocycles. The van der Waals surface area contributed by atoms with Crippen molar-refractivity contribution in [3.05, 3.63) is 53.6 Å². The molecule has 0 atom stereocenters. The number of anilines is 1. The van der Waals surface area contributed by atoms with Crippen LogP contribution in [0.25, 0.3) is 0 Å². The summed E-state index contributed by atoms with van der Waals surface area (Å²) in [5, 5.41) is 2.59. The second-order valence-corrected chi connectivity index (χ2v) is 6.45. The second-order valence-electron chi connectivity index (χ2n) is 6.45. The molecule has 0 aliphatic rings. The maximum Gasteiger partial charge on any atom is 0.338 e. The molecule has 0 unspecified atom stereocenters. The number of carbonyl (C=O) groups is 3. The number of hydrogen-bond donors (Lipinski definition) is 1. The van der Waals surface area contributed by atoms with Crippen molar-refractivity contribution in [1.82, 2.24) is 0 Å². The highest BCUT2D eigenvalue weighted by molar-refractivity contribution is 5.96. The van der Waals surface area contributed by atoms with Gasteiger partial charge in [0.05, 0.1) is 30.9 Å². The van der Waals surface area contributed by atoms with E-state index in [9.17, 15) is 14.4 Å². The van der Waals surface area contributed by atoms with Crippen molar-refractivity contribution in [3.63, 3.8) is 0 Å². The van der Waals surface area contributed by atoms with Crippen LogP contribution in [0.15, 0.2) is 42.5 Å². The predicted molar refractivity (Wildman–Crippen MR) is 110 cm³/mol. The topological polar surface area (TPSA) is 100 Å². The molecule has 8 nitrogen and oxygen atoms in total. The summed E-state index contributed by atoms with van der Waals surface area (Å²) >= 11 is 0. The van der Waals surface area contributed by atoms with Crippen molar-refractivity contribution in [2.75, 3.05) is 25.6 Å². The Balaban J connectivity index is 1.90. The average Bonchev–Trinajstić information content (AvgIpc) is 2.72. The third-order valence-electron chi connectivity index (χ3n) is 3.78. The zero-order valence-corrected chi connectivity index (χ0v) is 17.4. The molecular formula is C22H25NO7. The van der Waals surface area contributed by atoms with Gasteiger partial charge in [0.25, 0.3) is 5.91 Å². The summed E-state index contributed by atoms with van der Waals surface area (Å²) in [6.07, 6.45) is -0.220. The zero-order valence-electron chi connectivity index (χ0n) is 17.4. The van der Waals surface area contributed by atoms with Crippen LogP contribution in [0.1, 0.15) is 41.5 Å². The lowest BCUT2D eigenvalue weighted by atomic mass is 10.2. The molecule has 0 spiro atoms. The quantitative estimate of drug-likeness (QED) is 0.626. The van der Waals surface area contributed by atoms with Crippen molar-refractivity contribution in [2.24, 2.45) is 0 Å². The summed E-state index contributed by atoms with van der Waals surface area (Å²) in [5.41, 5.74) is 1.07. The predicted octanol–water partition coefficient (Wildman–Crippen LogP) is 3.45. The number of methoxy groups -OCH3 is 1. The van der Waals surface area contributed by atoms with Crippen molar-refractivity contribution in [1.29, 1.82) is 0 Å². The number of rotatable bonds is 9. The van der Waals surface area contributed by atoms with E-state index in [0.717, 1.165) is 0 Å². The number of benzene rings is 2. The molecule has 30 heavy (non-hydrogen) atoms. The van der Waals surface area contributed by atoms with E-state index in [-0.39, 0.29) is 11.7 Å². The van der Waals surface area contributed by atoms with Crippen LogP contribution in [0.4, 0.5) is 5.69 Å². The summed E-state index contributed by atoms with van der Waals surface area (Å²) in [6, 6.07) is 10.8. The van der Waals surface area contributed by atoms with Crippen LogP contribution in [0.2, 0.25) is 0 Å². The van der Waals surface area contributed by atoms with E-state index in [1.54, 1.807) is 44.2 Å². The fraction of sp³-hybridized carbons (Fsp3) is 0.318. The fourth-order valence-electron chi connectivity index (χ4n) is 2.46. The lowest BCUT2D eigenvalue weighted by molar-refractivity contribution is -0.119. The maximum absolute atomic E-state index is 12.2. The van der Waals surface area contributed by atoms with Gasteiger partial charge >= 0.3 is 11.9 Å². The van der Waals surface area contributed by atoms with Gasteiger partial charge in [0.2, 0.25) is 0 Å². The molecular weight excluding hydrogens is 390 g/mol. The Kier molecular flexibility index (Phi) is 8.22. The number of nitrogens with one attached hydrogen (secondary N) is 1. The lowest BCUT2D eigenvalue weighted by Gasteiger charge is -2.11. The lowest BCUT2D eigenvalue weighted by Crippen LogP contribution is -2.21. The second kappa shape index (κ2) is 10.8. The van der Waals surface area contributed by atoms with Gasteiger partial charge in [0.15, 0.2) is 18.1 Å². The Labute approximate surface area is 175 Å². The van der Waals surface area contributed by atoms with Gasteiger partial charge in [-0.15, -0.1) is 0 Å². The minimum absolute atomic E-state index is 0.220. The Hall–Kier alpha value is -3.55. The summed E-state index contributed by atoms with van der Waals surface area (Å²) < 4.78 is 20.7. The van der Waals surface area contributed by atoms with E-state index in [1.807, 2.05) is 6.92 Å². The van der Waals surface area contributed by atoms with Gasteiger partial charge in [-0.3, -0.25) is 4.79 Å². The van der Waals surface area contributed by atoms with Crippen LogP contribution in [0.3, 0.4) is 0 Å². The fourth-order valence-corrected chi connectivity index (χ4v) is 2.46. The molecule has 0 aromatic heterocycles. The number of carbonyl (C=O) groups excluding carboxylic acids is 3. The van der Waals surface area contributed by atoms with Crippen LogP contribution >= 0.6 is 0 Å². The Bertz CT molecular complexity index is 891. The first kappa shape index (κ1) is 22.7. The number of hydrogen-bond acceptors (Lipinski definition) is 7. The highest BCUT2D eigenvalue weighted by atomic mass is 16.5. The van der Waals surface area contributed by atoms with Crippen molar-refractivity contribution in [2.45, 2.75) is 26.9 Å². The average molecular weight is 415 g/mol. The van der Waals surface area contributed by atoms with Crippen molar-refractivity contribution in [3.8, 4) is 11.5 Å². The van der Waals surface area contributed by atoms with Gasteiger partial charge < -0.3 is 24.3 Å². The van der Waals surface area contributed by atoms with E-state index in [4.69, 9.17) is 18.9 Å². The molecule has 0 fully saturated rings. The molecule has 0 heterocycles. The van der Waals surface area contributed by atoms with E-state index in [2.05, 4.69) is 5.32 Å². The van der Waals surface area contributed by atoms with Crippen LogP contribution in [-0.4, -0.2) is 44.3 Å². The van der Waals surface area contributed by atoms with Gasteiger partial charge in [-0.05, 0) is 63.2 Å². The van der Waals surface area contributed by atoms with Crippen LogP contribution < -0.4 is 14.8 Å². The molecule has 1 N–H and O–H groups in total. The molecule has 8 heteroatoms. The number of esters is 2. The standard InChI is InChI=1S/C22H25NO7/c1-5-28-19-12-16(8-11-18(19)27-4)21(25)29-13-20(24)23-17-9-6-15(7-10-17)22(26)30-14(2)3/h6-12,14H,5,13H2,1-4H3,(H,23,24). The molecule has 0 radical (unpaired) electrons. The Morgan fingerprint density at radius 2 is 1.60 bits per heavy atom. The number of ether oxygens (including phenoxy) is 4. The minimum Gasteiger partial charge on any atom is -0.493 e. The smallest absolute Gasteiger partial charge is 0.338 e. The van der Waals surface area contributed by atoms with E-state index >= 15 is 0 Å². The van der Waals surface area contributed by atoms with Gasteiger partial charge in [-0.25, -0.2) is 9.59 Å². The van der Waals surface area contributed by atoms with Gasteiger partial charge in [-0.2, -0.15) is 0 Å². The van der Waals surface area contributed by atoms with E-state index < -0.39 is 24.5 Å². The van der Waals surface area contributed by atoms with Gasteiger partial charge in [0, 0.05) is 5.69 Å². The molecule has 0 saturated carbocycles. The van der Waals surface area contributed by atoms with Crippen LogP contribution in [0.5, 0.6) is 11.5 Å². The van der Waals surface area contributed by atoms with Crippen molar-refractivity contribution < 1.29 is 33.3 Å². The van der Waals surface area contributed by atoms with Gasteiger partial charge in [-0.1, -0.05) is 0 Å². The number of amides is 1. The largest absolute Gasteiger partial charge is 0.493 e. The van der Waals surface area contributed by atoms with E-state index in [0.29, 0.717) is 29.4 Å². The minimum atomic E-state index is -0.666. The summed E-state index contributed by atoms with van der Waals surface area (Å²) in [5.74, 6) is -0.718. The third-order valence-corrected chi connectivity index (χ3v) is 3.78. The highest BCUT2D eigenvalue weighted by Gasteiger charge is 2.14. The van der Waals surface area contributed by atoms with Crippen LogP contribution in [-0.2, 0) is 14.3 Å². The molecule has 0 saturated heterocycles. The summed E-state index contributed by atoms with van der Waals surface area (Å²) in [7, 11) is 1.50. The summed E-state index contributed by atoms with van der Waals surface area (Å²) in [6.45, 7) is 5.28. The Morgan fingerprint density at radius 3 is 2.20 bits per heavy atom. The summed E-state index contributed by atoms with van der Waals surface area (Å²) in [4.78, 5) is 36.1. The molecule has 2 aromatic rings. The Morgan fingerprint density at radius 1 is 0.933 bits per heavy atom. The molecule has 0 bridgehead atoms. The highest BCUT2D eigenvalue weighted by Crippen LogP contribution is 2.28. The zero-order chi connectivity index (χ0) is 22.1. The van der Waals surface area contributed by atoms with Crippen LogP contribution in [0, 0.1) is 0 Å². The normalized spacial score (nSPS) is 10.3. The van der Waals surface area contributed by atoms with E-state index in [1.165, 1.54) is 19.2 Å². The molecule has 2 rings (SSSR count). The maximum atomic E-state index is 12.2. The molecule has 1 amide bonds. The molecule has 160 valence electrons. The SMILES string of the molecule is CCOc1cc(C(=O)OCC(=O)Nc2ccc(C(=O)OC(C)C)cc2)ccc1OC. The first-order chi connectivity index (χ1) is 14.3. The van der Waals surface area contributed by atoms with Gasteiger partial charge in [0.1, 0.15) is 0 Å². The molecule has 0 aliphatic carbocycles. The first-order valence-corrected chi connectivity index (χ1v) is 9.42. The van der Waals surface area contributed by atoms with Crippen molar-refractivity contribution >= 4 is 23.5 Å².